The van der Waals surface area contributed by atoms with E-state index in [0.29, 0.717) is 6.42 Å². The highest BCUT2D eigenvalue weighted by Gasteiger charge is 2.29. The van der Waals surface area contributed by atoms with Crippen molar-refractivity contribution >= 4 is 11.8 Å². The number of anilines is 1. The third-order valence-corrected chi connectivity index (χ3v) is 3.46. The maximum Gasteiger partial charge on any atom is 0.339 e. The molecule has 0 radical (unpaired) electrons. The third kappa shape index (κ3) is 2.18. The van der Waals surface area contributed by atoms with Crippen molar-refractivity contribution in [2.24, 2.45) is 0 Å². The van der Waals surface area contributed by atoms with Crippen molar-refractivity contribution in [1.82, 2.24) is 9.88 Å². The van der Waals surface area contributed by atoms with Crippen LogP contribution >= 0.6 is 0 Å². The molecule has 0 spiro atoms. The number of nitrogen functional groups attached to an aromatic ring is 1. The first-order chi connectivity index (χ1) is 8.30. The summed E-state index contributed by atoms with van der Waals surface area (Å²) in [5.41, 5.74) is 7.73. The first-order valence-corrected chi connectivity index (χ1v) is 6.05. The van der Waals surface area contributed by atoms with Crippen LogP contribution in [0.3, 0.4) is 0 Å². The molecule has 5 nitrogen and oxygen atoms in total. The lowest BCUT2D eigenvalue weighted by atomic mass is 9.93. The van der Waals surface area contributed by atoms with Crippen LogP contribution in [0.15, 0.2) is 6.20 Å². The number of aromatic carboxylic acids is 1. The van der Waals surface area contributed by atoms with Crippen molar-refractivity contribution in [3.8, 4) is 0 Å². The zero-order valence-corrected chi connectivity index (χ0v) is 11.0. The molecule has 18 heavy (non-hydrogen) atoms. The van der Waals surface area contributed by atoms with Gasteiger partial charge in [-0.15, -0.1) is 0 Å². The number of carbonyl (C=O) groups is 1. The number of nitrogens with two attached hydrogens (primary N) is 1. The van der Waals surface area contributed by atoms with Gasteiger partial charge in [0.05, 0.1) is 0 Å². The predicted molar refractivity (Wildman–Crippen MR) is 69.5 cm³/mol. The van der Waals surface area contributed by atoms with E-state index >= 15 is 0 Å². The number of pyridine rings is 1. The molecule has 5 heteroatoms. The van der Waals surface area contributed by atoms with Gasteiger partial charge in [-0.25, -0.2) is 9.78 Å². The lowest BCUT2D eigenvalue weighted by Gasteiger charge is -2.39. The number of rotatable bonds is 1. The Kier molecular flexibility index (Phi) is 3.02. The van der Waals surface area contributed by atoms with Crippen molar-refractivity contribution in [2.75, 3.05) is 12.3 Å². The molecular weight excluding hydrogens is 230 g/mol. The van der Waals surface area contributed by atoms with Gasteiger partial charge in [0.15, 0.2) is 0 Å². The Morgan fingerprint density at radius 2 is 2.17 bits per heavy atom. The van der Waals surface area contributed by atoms with Crippen LogP contribution in [0.4, 0.5) is 5.82 Å². The number of aromatic nitrogens is 1. The second kappa shape index (κ2) is 4.24. The largest absolute Gasteiger partial charge is 0.478 e. The standard InChI is InChI=1S/C13H19N3O2/c1-13(2,3)16-5-4-9-8(7-16)6-15-11(14)10(9)12(17)18/h6H,4-5,7H2,1-3H3,(H2,14,15)(H,17,18). The second-order valence-corrected chi connectivity index (χ2v) is 5.67. The molecule has 0 saturated carbocycles. The molecule has 1 aliphatic heterocycles. The van der Waals surface area contributed by atoms with Crippen LogP contribution in [0.2, 0.25) is 0 Å². The quantitative estimate of drug-likeness (QED) is 0.788. The van der Waals surface area contributed by atoms with E-state index in [1.807, 2.05) is 0 Å². The molecule has 0 aromatic carbocycles. The van der Waals surface area contributed by atoms with Crippen molar-refractivity contribution < 1.29 is 9.90 Å². The topological polar surface area (TPSA) is 79.5 Å². The number of carboxylic acids is 1. The van der Waals surface area contributed by atoms with Gasteiger partial charge in [-0.1, -0.05) is 0 Å². The van der Waals surface area contributed by atoms with E-state index in [9.17, 15) is 9.90 Å². The minimum absolute atomic E-state index is 0.0719. The summed E-state index contributed by atoms with van der Waals surface area (Å²) in [6.07, 6.45) is 2.41. The van der Waals surface area contributed by atoms with E-state index < -0.39 is 5.97 Å². The fraction of sp³-hybridized carbons (Fsp3) is 0.538. The highest BCUT2D eigenvalue weighted by molar-refractivity contribution is 5.94. The normalized spacial score (nSPS) is 16.4. The Morgan fingerprint density at radius 1 is 1.50 bits per heavy atom. The molecule has 0 fully saturated rings. The summed E-state index contributed by atoms with van der Waals surface area (Å²) in [6, 6.07) is 0. The van der Waals surface area contributed by atoms with Crippen LogP contribution in [-0.4, -0.2) is 33.0 Å². The van der Waals surface area contributed by atoms with Crippen molar-refractivity contribution in [3.63, 3.8) is 0 Å². The Bertz CT molecular complexity index is 492. The molecule has 1 aromatic rings. The van der Waals surface area contributed by atoms with Crippen molar-refractivity contribution in [1.29, 1.82) is 0 Å². The number of nitrogens with zero attached hydrogens (tertiary/aromatic N) is 2. The molecule has 2 heterocycles. The summed E-state index contributed by atoms with van der Waals surface area (Å²) in [6.45, 7) is 8.04. The number of hydrogen-bond donors (Lipinski definition) is 2. The number of carboxylic acid groups (broad SMARTS) is 1. The van der Waals surface area contributed by atoms with Gasteiger partial charge in [-0.3, -0.25) is 4.90 Å². The SMILES string of the molecule is CC(C)(C)N1CCc2c(cnc(N)c2C(=O)O)C1. The van der Waals surface area contributed by atoms with Crippen LogP contribution in [0.5, 0.6) is 0 Å². The Labute approximate surface area is 107 Å². The maximum atomic E-state index is 11.2. The predicted octanol–water partition coefficient (Wildman–Crippen LogP) is 1.52. The van der Waals surface area contributed by atoms with E-state index in [4.69, 9.17) is 5.73 Å². The Balaban J connectivity index is 2.42. The molecule has 0 amide bonds. The zero-order chi connectivity index (χ0) is 13.5. The van der Waals surface area contributed by atoms with E-state index in [-0.39, 0.29) is 16.9 Å². The highest BCUT2D eigenvalue weighted by atomic mass is 16.4. The summed E-state index contributed by atoms with van der Waals surface area (Å²) in [5, 5.41) is 9.21. The Morgan fingerprint density at radius 3 is 2.72 bits per heavy atom. The van der Waals surface area contributed by atoms with Crippen LogP contribution < -0.4 is 5.73 Å². The lowest BCUT2D eigenvalue weighted by Crippen LogP contribution is -2.44. The number of fused-ring (bicyclic) bond motifs is 1. The molecule has 0 bridgehead atoms. The molecule has 0 atom stereocenters. The van der Waals surface area contributed by atoms with Gasteiger partial charge in [0, 0.05) is 24.8 Å². The van der Waals surface area contributed by atoms with Crippen LogP contribution in [0, 0.1) is 0 Å². The maximum absolute atomic E-state index is 11.2. The van der Waals surface area contributed by atoms with E-state index in [1.54, 1.807) is 6.20 Å². The molecule has 3 N–H and O–H groups in total. The molecule has 0 aliphatic carbocycles. The molecule has 0 saturated heterocycles. The lowest BCUT2D eigenvalue weighted by molar-refractivity contribution is 0.0693. The van der Waals surface area contributed by atoms with Crippen molar-refractivity contribution in [3.05, 3.63) is 22.9 Å². The monoisotopic (exact) mass is 249 g/mol. The summed E-state index contributed by atoms with van der Waals surface area (Å²) in [5.74, 6) is -0.869. The minimum atomic E-state index is -0.985. The van der Waals surface area contributed by atoms with Gasteiger partial charge in [0.2, 0.25) is 0 Å². The van der Waals surface area contributed by atoms with Crippen LogP contribution in [0.25, 0.3) is 0 Å². The Hall–Kier alpha value is -1.62. The number of hydrogen-bond acceptors (Lipinski definition) is 4. The average molecular weight is 249 g/mol. The van der Waals surface area contributed by atoms with Crippen LogP contribution in [0.1, 0.15) is 42.3 Å². The highest BCUT2D eigenvalue weighted by Crippen LogP contribution is 2.28. The van der Waals surface area contributed by atoms with Crippen molar-refractivity contribution in [2.45, 2.75) is 39.3 Å². The van der Waals surface area contributed by atoms with E-state index in [0.717, 1.165) is 24.2 Å². The van der Waals surface area contributed by atoms with Gasteiger partial charge < -0.3 is 10.8 Å². The summed E-state index contributed by atoms with van der Waals surface area (Å²) < 4.78 is 0. The summed E-state index contributed by atoms with van der Waals surface area (Å²) >= 11 is 0. The molecular formula is C13H19N3O2. The fourth-order valence-electron chi connectivity index (χ4n) is 2.37. The molecule has 0 unspecified atom stereocenters. The van der Waals surface area contributed by atoms with Gasteiger partial charge >= 0.3 is 5.97 Å². The molecule has 1 aliphatic rings. The van der Waals surface area contributed by atoms with Gasteiger partial charge in [0.1, 0.15) is 11.4 Å². The summed E-state index contributed by atoms with van der Waals surface area (Å²) in [7, 11) is 0. The molecule has 2 rings (SSSR count). The fourth-order valence-corrected chi connectivity index (χ4v) is 2.37. The van der Waals surface area contributed by atoms with Gasteiger partial charge in [-0.05, 0) is 38.3 Å². The first kappa shape index (κ1) is 12.8. The van der Waals surface area contributed by atoms with Crippen LogP contribution in [-0.2, 0) is 13.0 Å². The summed E-state index contributed by atoms with van der Waals surface area (Å²) in [4.78, 5) is 17.6. The van der Waals surface area contributed by atoms with Gasteiger partial charge in [-0.2, -0.15) is 0 Å². The molecule has 98 valence electrons. The second-order valence-electron chi connectivity index (χ2n) is 5.67. The third-order valence-electron chi connectivity index (χ3n) is 3.46. The smallest absolute Gasteiger partial charge is 0.339 e. The first-order valence-electron chi connectivity index (χ1n) is 6.05. The average Bonchev–Trinajstić information content (AvgIpc) is 2.26. The zero-order valence-electron chi connectivity index (χ0n) is 11.0. The van der Waals surface area contributed by atoms with E-state index in [2.05, 4.69) is 30.7 Å². The minimum Gasteiger partial charge on any atom is -0.478 e. The van der Waals surface area contributed by atoms with E-state index in [1.165, 1.54) is 0 Å². The van der Waals surface area contributed by atoms with Gasteiger partial charge in [0.25, 0.3) is 0 Å². The molecule has 1 aromatic heterocycles.